The standard InChI is InChI=1S/C13H23NO4/c1-9(2)7-8-10(11(15)16)14(6)12(17)18-13(3,4)5/h8-9H,7H2,1-6H3,(H,15,16). The van der Waals surface area contributed by atoms with Gasteiger partial charge in [0.2, 0.25) is 0 Å². The van der Waals surface area contributed by atoms with Crippen molar-refractivity contribution in [2.45, 2.75) is 46.6 Å². The van der Waals surface area contributed by atoms with Crippen LogP contribution in [0.5, 0.6) is 0 Å². The van der Waals surface area contributed by atoms with Crippen molar-refractivity contribution in [3.05, 3.63) is 11.8 Å². The first kappa shape index (κ1) is 16.5. The predicted molar refractivity (Wildman–Crippen MR) is 69.2 cm³/mol. The molecule has 0 atom stereocenters. The molecule has 0 saturated carbocycles. The molecule has 5 heteroatoms. The molecule has 0 aromatic heterocycles. The summed E-state index contributed by atoms with van der Waals surface area (Å²) in [6, 6.07) is 0. The molecule has 5 nitrogen and oxygen atoms in total. The van der Waals surface area contributed by atoms with E-state index in [2.05, 4.69) is 0 Å². The number of amides is 1. The second-order valence-electron chi connectivity index (χ2n) is 5.56. The highest BCUT2D eigenvalue weighted by molar-refractivity contribution is 5.90. The van der Waals surface area contributed by atoms with Crippen molar-refractivity contribution in [1.82, 2.24) is 4.90 Å². The van der Waals surface area contributed by atoms with E-state index < -0.39 is 17.7 Å². The van der Waals surface area contributed by atoms with Crippen molar-refractivity contribution in [3.8, 4) is 0 Å². The molecule has 0 fully saturated rings. The molecule has 0 aliphatic heterocycles. The summed E-state index contributed by atoms with van der Waals surface area (Å²) in [4.78, 5) is 23.9. The third kappa shape index (κ3) is 6.27. The number of aliphatic carboxylic acids is 1. The van der Waals surface area contributed by atoms with Gasteiger partial charge in [-0.05, 0) is 33.1 Å². The number of carbonyl (C=O) groups is 2. The van der Waals surface area contributed by atoms with Crippen LogP contribution in [-0.2, 0) is 9.53 Å². The summed E-state index contributed by atoms with van der Waals surface area (Å²) in [6.07, 6.45) is 1.46. The average molecular weight is 257 g/mol. The zero-order chi connectivity index (χ0) is 14.5. The van der Waals surface area contributed by atoms with Crippen molar-refractivity contribution >= 4 is 12.1 Å². The van der Waals surface area contributed by atoms with Gasteiger partial charge in [-0.15, -0.1) is 0 Å². The van der Waals surface area contributed by atoms with Gasteiger partial charge in [0.15, 0.2) is 0 Å². The zero-order valence-electron chi connectivity index (χ0n) is 12.0. The number of carboxylic acid groups (broad SMARTS) is 1. The number of ether oxygens (including phenoxy) is 1. The molecule has 1 N–H and O–H groups in total. The van der Waals surface area contributed by atoms with E-state index in [0.29, 0.717) is 12.3 Å². The van der Waals surface area contributed by atoms with E-state index in [1.54, 1.807) is 20.8 Å². The molecule has 1 amide bonds. The molecule has 0 aromatic rings. The first-order valence-corrected chi connectivity index (χ1v) is 5.94. The van der Waals surface area contributed by atoms with E-state index in [9.17, 15) is 9.59 Å². The lowest BCUT2D eigenvalue weighted by Gasteiger charge is -2.24. The number of hydrogen-bond donors (Lipinski definition) is 1. The summed E-state index contributed by atoms with van der Waals surface area (Å²) in [5.74, 6) is -0.810. The maximum Gasteiger partial charge on any atom is 0.414 e. The molecule has 0 radical (unpaired) electrons. The van der Waals surface area contributed by atoms with Crippen LogP contribution in [0.2, 0.25) is 0 Å². The van der Waals surface area contributed by atoms with E-state index in [4.69, 9.17) is 9.84 Å². The van der Waals surface area contributed by atoms with Gasteiger partial charge in [0.25, 0.3) is 0 Å². The van der Waals surface area contributed by atoms with E-state index in [-0.39, 0.29) is 5.70 Å². The lowest BCUT2D eigenvalue weighted by Crippen LogP contribution is -2.35. The lowest BCUT2D eigenvalue weighted by atomic mass is 10.1. The highest BCUT2D eigenvalue weighted by Crippen LogP contribution is 2.14. The summed E-state index contributed by atoms with van der Waals surface area (Å²) >= 11 is 0. The van der Waals surface area contributed by atoms with Gasteiger partial charge in [-0.3, -0.25) is 4.90 Å². The van der Waals surface area contributed by atoms with E-state index in [0.717, 1.165) is 4.90 Å². The van der Waals surface area contributed by atoms with Crippen LogP contribution in [-0.4, -0.2) is 34.7 Å². The molecule has 0 saturated heterocycles. The normalized spacial score (nSPS) is 12.5. The Morgan fingerprint density at radius 2 is 1.83 bits per heavy atom. The Bertz CT molecular complexity index is 339. The first-order valence-electron chi connectivity index (χ1n) is 5.94. The summed E-state index contributed by atoms with van der Waals surface area (Å²) in [5.41, 5.74) is -0.703. The average Bonchev–Trinajstić information content (AvgIpc) is 2.13. The number of likely N-dealkylation sites (N-methyl/N-ethyl adjacent to an activating group) is 1. The molecular formula is C13H23NO4. The molecule has 0 spiro atoms. The van der Waals surface area contributed by atoms with Gasteiger partial charge in [0.05, 0.1) is 0 Å². The van der Waals surface area contributed by atoms with Crippen molar-refractivity contribution in [2.75, 3.05) is 7.05 Å². The zero-order valence-corrected chi connectivity index (χ0v) is 12.0. The largest absolute Gasteiger partial charge is 0.477 e. The molecule has 0 aliphatic carbocycles. The fourth-order valence-electron chi connectivity index (χ4n) is 1.14. The maximum atomic E-state index is 11.7. The second kappa shape index (κ2) is 6.42. The van der Waals surface area contributed by atoms with E-state index in [1.807, 2.05) is 13.8 Å². The highest BCUT2D eigenvalue weighted by Gasteiger charge is 2.24. The fourth-order valence-corrected chi connectivity index (χ4v) is 1.14. The number of rotatable bonds is 4. The van der Waals surface area contributed by atoms with Crippen LogP contribution in [0, 0.1) is 5.92 Å². The maximum absolute atomic E-state index is 11.7. The minimum atomic E-state index is -1.14. The molecule has 18 heavy (non-hydrogen) atoms. The molecule has 0 unspecified atom stereocenters. The van der Waals surface area contributed by atoms with Gasteiger partial charge < -0.3 is 9.84 Å². The van der Waals surface area contributed by atoms with Crippen LogP contribution in [0.25, 0.3) is 0 Å². The van der Waals surface area contributed by atoms with Crippen LogP contribution >= 0.6 is 0 Å². The van der Waals surface area contributed by atoms with E-state index >= 15 is 0 Å². The molecule has 0 aromatic carbocycles. The van der Waals surface area contributed by atoms with Crippen LogP contribution in [0.1, 0.15) is 41.0 Å². The number of carboxylic acids is 1. The Morgan fingerprint density at radius 3 is 2.17 bits per heavy atom. The molecular weight excluding hydrogens is 234 g/mol. The number of hydrogen-bond acceptors (Lipinski definition) is 3. The van der Waals surface area contributed by atoms with Crippen molar-refractivity contribution in [1.29, 1.82) is 0 Å². The monoisotopic (exact) mass is 257 g/mol. The summed E-state index contributed by atoms with van der Waals surface area (Å²) in [7, 11) is 1.40. The smallest absolute Gasteiger partial charge is 0.414 e. The Balaban J connectivity index is 4.88. The van der Waals surface area contributed by atoms with Gasteiger partial charge in [0.1, 0.15) is 11.3 Å². The van der Waals surface area contributed by atoms with Gasteiger partial charge in [0, 0.05) is 7.05 Å². The number of carbonyl (C=O) groups excluding carboxylic acids is 1. The topological polar surface area (TPSA) is 66.8 Å². The lowest BCUT2D eigenvalue weighted by molar-refractivity contribution is -0.134. The van der Waals surface area contributed by atoms with Crippen molar-refractivity contribution < 1.29 is 19.4 Å². The number of allylic oxidation sites excluding steroid dienone is 1. The minimum absolute atomic E-state index is 0.0575. The Hall–Kier alpha value is -1.52. The second-order valence-corrected chi connectivity index (χ2v) is 5.56. The van der Waals surface area contributed by atoms with Crippen LogP contribution in [0.4, 0.5) is 4.79 Å². The quantitative estimate of drug-likeness (QED) is 0.786. The first-order chi connectivity index (χ1) is 8.04. The van der Waals surface area contributed by atoms with Gasteiger partial charge in [-0.2, -0.15) is 0 Å². The highest BCUT2D eigenvalue weighted by atomic mass is 16.6. The van der Waals surface area contributed by atoms with Crippen molar-refractivity contribution in [3.63, 3.8) is 0 Å². The van der Waals surface area contributed by atoms with Crippen LogP contribution in [0.3, 0.4) is 0 Å². The van der Waals surface area contributed by atoms with Crippen molar-refractivity contribution in [2.24, 2.45) is 5.92 Å². The number of nitrogens with zero attached hydrogens (tertiary/aromatic N) is 1. The van der Waals surface area contributed by atoms with Gasteiger partial charge in [-0.1, -0.05) is 19.9 Å². The fraction of sp³-hybridized carbons (Fsp3) is 0.692. The summed E-state index contributed by atoms with van der Waals surface area (Å²) in [5, 5.41) is 9.09. The van der Waals surface area contributed by atoms with Gasteiger partial charge >= 0.3 is 12.1 Å². The molecule has 0 heterocycles. The molecule has 0 rings (SSSR count). The summed E-state index contributed by atoms with van der Waals surface area (Å²) in [6.45, 7) is 9.15. The molecule has 104 valence electrons. The van der Waals surface area contributed by atoms with Crippen LogP contribution in [0.15, 0.2) is 11.8 Å². The van der Waals surface area contributed by atoms with E-state index in [1.165, 1.54) is 13.1 Å². The summed E-state index contributed by atoms with van der Waals surface area (Å²) < 4.78 is 5.12. The third-order valence-corrected chi connectivity index (χ3v) is 2.03. The third-order valence-electron chi connectivity index (χ3n) is 2.03. The Labute approximate surface area is 108 Å². The van der Waals surface area contributed by atoms with Crippen LogP contribution < -0.4 is 0 Å². The SMILES string of the molecule is CC(C)CC=C(C(=O)O)N(C)C(=O)OC(C)(C)C. The minimum Gasteiger partial charge on any atom is -0.477 e. The Morgan fingerprint density at radius 1 is 1.33 bits per heavy atom. The molecule has 0 aliphatic rings. The predicted octanol–water partition coefficient (Wildman–Crippen LogP) is 2.87. The molecule has 0 bridgehead atoms. The van der Waals surface area contributed by atoms with Gasteiger partial charge in [-0.25, -0.2) is 9.59 Å². The Kier molecular flexibility index (Phi) is 5.88.